The van der Waals surface area contributed by atoms with E-state index in [-0.39, 0.29) is 0 Å². The van der Waals surface area contributed by atoms with Crippen LogP contribution in [0.3, 0.4) is 0 Å². The van der Waals surface area contributed by atoms with Crippen molar-refractivity contribution in [2.45, 2.75) is 13.8 Å². The van der Waals surface area contributed by atoms with Gasteiger partial charge in [-0.1, -0.05) is 0 Å². The molecule has 0 fully saturated rings. The number of oxazole rings is 1. The first-order valence-electron chi connectivity index (χ1n) is 6.86. The van der Waals surface area contributed by atoms with Crippen molar-refractivity contribution in [1.82, 2.24) is 9.97 Å². The van der Waals surface area contributed by atoms with Gasteiger partial charge in [-0.15, -0.1) is 0 Å². The molecule has 2 heterocycles. The molecule has 0 unspecified atom stereocenters. The van der Waals surface area contributed by atoms with Crippen LogP contribution in [0.2, 0.25) is 0 Å². The van der Waals surface area contributed by atoms with E-state index in [4.69, 9.17) is 13.9 Å². The molecule has 112 valence electrons. The van der Waals surface area contributed by atoms with E-state index in [1.165, 1.54) is 0 Å². The van der Waals surface area contributed by atoms with E-state index < -0.39 is 0 Å². The summed E-state index contributed by atoms with van der Waals surface area (Å²) < 4.78 is 16.6. The highest BCUT2D eigenvalue weighted by Crippen LogP contribution is 2.31. The van der Waals surface area contributed by atoms with Gasteiger partial charge in [-0.2, -0.15) is 0 Å². The molecule has 22 heavy (non-hydrogen) atoms. The number of rotatable bonds is 4. The molecule has 5 heteroatoms. The molecule has 3 aromatic rings. The van der Waals surface area contributed by atoms with Gasteiger partial charge < -0.3 is 13.9 Å². The van der Waals surface area contributed by atoms with Gasteiger partial charge in [0.1, 0.15) is 17.7 Å². The summed E-state index contributed by atoms with van der Waals surface area (Å²) in [6, 6.07) is 7.55. The Bertz CT molecular complexity index is 759. The molecule has 2 aromatic heterocycles. The second-order valence-corrected chi connectivity index (χ2v) is 4.92. The molecular weight excluding hydrogens is 280 g/mol. The summed E-state index contributed by atoms with van der Waals surface area (Å²) in [6.07, 6.45) is 4.85. The molecule has 0 bridgehead atoms. The fourth-order valence-corrected chi connectivity index (χ4v) is 2.36. The minimum Gasteiger partial charge on any atom is -0.496 e. The highest BCUT2D eigenvalue weighted by atomic mass is 16.6. The number of aryl methyl sites for hydroxylation is 2. The fourth-order valence-electron chi connectivity index (χ4n) is 2.36. The smallest absolute Gasteiger partial charge is 0.311 e. The van der Waals surface area contributed by atoms with Crippen LogP contribution in [-0.4, -0.2) is 17.1 Å². The third-order valence-corrected chi connectivity index (χ3v) is 3.25. The highest BCUT2D eigenvalue weighted by molar-refractivity contribution is 5.60. The standard InChI is InChI=1S/C17H16N2O3/c1-11-7-13(8-12(2)16(11)20-3)17-19-10-15(22-17)21-14-5-4-6-18-9-14/h4-10H,1-3H3. The van der Waals surface area contributed by atoms with Crippen molar-refractivity contribution in [1.29, 1.82) is 0 Å². The molecule has 0 aliphatic carbocycles. The van der Waals surface area contributed by atoms with Gasteiger partial charge in [0.25, 0.3) is 0 Å². The minimum absolute atomic E-state index is 0.328. The fraction of sp³-hybridized carbons (Fsp3) is 0.176. The van der Waals surface area contributed by atoms with Gasteiger partial charge in [0.05, 0.1) is 13.3 Å². The lowest BCUT2D eigenvalue weighted by Crippen LogP contribution is -1.92. The molecule has 3 rings (SSSR count). The van der Waals surface area contributed by atoms with Crippen LogP contribution in [0, 0.1) is 13.8 Å². The van der Waals surface area contributed by atoms with Crippen LogP contribution in [0.25, 0.3) is 11.5 Å². The van der Waals surface area contributed by atoms with Gasteiger partial charge in [0.2, 0.25) is 5.89 Å². The number of pyridine rings is 1. The SMILES string of the molecule is COc1c(C)cc(-c2ncc(Oc3cccnc3)o2)cc1C. The Hall–Kier alpha value is -2.82. The molecule has 0 saturated carbocycles. The summed E-state index contributed by atoms with van der Waals surface area (Å²) in [5.74, 6) is 2.32. The van der Waals surface area contributed by atoms with E-state index in [2.05, 4.69) is 9.97 Å². The summed E-state index contributed by atoms with van der Waals surface area (Å²) >= 11 is 0. The number of hydrogen-bond acceptors (Lipinski definition) is 5. The van der Waals surface area contributed by atoms with Crippen molar-refractivity contribution in [3.8, 4) is 28.9 Å². The summed E-state index contributed by atoms with van der Waals surface area (Å²) in [6.45, 7) is 3.98. The lowest BCUT2D eigenvalue weighted by Gasteiger charge is -2.09. The quantitative estimate of drug-likeness (QED) is 0.723. The molecule has 0 amide bonds. The largest absolute Gasteiger partial charge is 0.496 e. The zero-order chi connectivity index (χ0) is 15.5. The first kappa shape index (κ1) is 14.1. The predicted molar refractivity (Wildman–Crippen MR) is 82.3 cm³/mol. The molecule has 0 N–H and O–H groups in total. The van der Waals surface area contributed by atoms with Crippen molar-refractivity contribution in [2.75, 3.05) is 7.11 Å². The summed E-state index contributed by atoms with van der Waals surface area (Å²) in [5, 5.41) is 0. The third kappa shape index (κ3) is 2.79. The Balaban J connectivity index is 1.88. The van der Waals surface area contributed by atoms with E-state index in [1.807, 2.05) is 26.0 Å². The molecule has 0 radical (unpaired) electrons. The van der Waals surface area contributed by atoms with E-state index in [1.54, 1.807) is 37.8 Å². The molecule has 0 saturated heterocycles. The monoisotopic (exact) mass is 296 g/mol. The van der Waals surface area contributed by atoms with Crippen LogP contribution in [0.15, 0.2) is 47.3 Å². The van der Waals surface area contributed by atoms with Gasteiger partial charge in [-0.05, 0) is 49.2 Å². The van der Waals surface area contributed by atoms with Crippen molar-refractivity contribution in [3.63, 3.8) is 0 Å². The van der Waals surface area contributed by atoms with E-state index in [0.717, 1.165) is 22.4 Å². The van der Waals surface area contributed by atoms with E-state index >= 15 is 0 Å². The van der Waals surface area contributed by atoms with Crippen LogP contribution in [0.5, 0.6) is 17.4 Å². The van der Waals surface area contributed by atoms with Crippen molar-refractivity contribution < 1.29 is 13.9 Å². The molecule has 5 nitrogen and oxygen atoms in total. The van der Waals surface area contributed by atoms with Crippen LogP contribution >= 0.6 is 0 Å². The summed E-state index contributed by atoms with van der Waals surface area (Å²) in [5.41, 5.74) is 2.95. The molecule has 0 aliphatic rings. The Morgan fingerprint density at radius 1 is 1.09 bits per heavy atom. The number of benzene rings is 1. The van der Waals surface area contributed by atoms with Gasteiger partial charge >= 0.3 is 5.95 Å². The maximum absolute atomic E-state index is 5.66. The summed E-state index contributed by atoms with van der Waals surface area (Å²) in [4.78, 5) is 8.25. The molecule has 0 aliphatic heterocycles. The Kier molecular flexibility index (Phi) is 3.78. The van der Waals surface area contributed by atoms with Gasteiger partial charge in [-0.25, -0.2) is 4.98 Å². The van der Waals surface area contributed by atoms with Crippen LogP contribution in [0.4, 0.5) is 0 Å². The first-order chi connectivity index (χ1) is 10.7. The van der Waals surface area contributed by atoms with Crippen LogP contribution < -0.4 is 9.47 Å². The zero-order valence-electron chi connectivity index (χ0n) is 12.7. The number of nitrogens with zero attached hydrogens (tertiary/aromatic N) is 2. The highest BCUT2D eigenvalue weighted by Gasteiger charge is 2.12. The topological polar surface area (TPSA) is 57.4 Å². The molecule has 1 aromatic carbocycles. The van der Waals surface area contributed by atoms with Gasteiger partial charge in [0.15, 0.2) is 0 Å². The first-order valence-corrected chi connectivity index (χ1v) is 6.86. The van der Waals surface area contributed by atoms with Crippen molar-refractivity contribution in [3.05, 3.63) is 54.0 Å². The lowest BCUT2D eigenvalue weighted by atomic mass is 10.1. The second-order valence-electron chi connectivity index (χ2n) is 4.92. The minimum atomic E-state index is 0.328. The molecular formula is C17H16N2O3. The number of hydrogen-bond donors (Lipinski definition) is 0. The normalized spacial score (nSPS) is 10.5. The van der Waals surface area contributed by atoms with E-state index in [0.29, 0.717) is 17.6 Å². The van der Waals surface area contributed by atoms with Crippen LogP contribution in [-0.2, 0) is 0 Å². The average molecular weight is 296 g/mol. The predicted octanol–water partition coefficient (Wildman–Crippen LogP) is 4.15. The van der Waals surface area contributed by atoms with Crippen molar-refractivity contribution in [2.24, 2.45) is 0 Å². The molecule has 0 spiro atoms. The molecule has 0 atom stereocenters. The van der Waals surface area contributed by atoms with Gasteiger partial charge in [0, 0.05) is 11.8 Å². The maximum Gasteiger partial charge on any atom is 0.311 e. The number of ether oxygens (including phenoxy) is 2. The number of methoxy groups -OCH3 is 1. The maximum atomic E-state index is 5.66. The second kappa shape index (κ2) is 5.89. The van der Waals surface area contributed by atoms with E-state index in [9.17, 15) is 0 Å². The number of aromatic nitrogens is 2. The Morgan fingerprint density at radius 3 is 2.50 bits per heavy atom. The zero-order valence-corrected chi connectivity index (χ0v) is 12.7. The van der Waals surface area contributed by atoms with Gasteiger partial charge in [-0.3, -0.25) is 4.98 Å². The summed E-state index contributed by atoms with van der Waals surface area (Å²) in [7, 11) is 1.67. The Morgan fingerprint density at radius 2 is 1.86 bits per heavy atom. The average Bonchev–Trinajstić information content (AvgIpc) is 2.96. The lowest BCUT2D eigenvalue weighted by molar-refractivity contribution is 0.350. The third-order valence-electron chi connectivity index (χ3n) is 3.25. The van der Waals surface area contributed by atoms with Crippen molar-refractivity contribution >= 4 is 0 Å². The van der Waals surface area contributed by atoms with Crippen LogP contribution in [0.1, 0.15) is 11.1 Å². The Labute approximate surface area is 128 Å².